The molecule has 1 unspecified atom stereocenters. The Kier molecular flexibility index (Phi) is 4.52. The van der Waals surface area contributed by atoms with Gasteiger partial charge in [0.1, 0.15) is 5.82 Å². The molecule has 0 radical (unpaired) electrons. The van der Waals surface area contributed by atoms with E-state index in [0.29, 0.717) is 0 Å². The molecule has 0 aliphatic heterocycles. The van der Waals surface area contributed by atoms with Gasteiger partial charge in [-0.05, 0) is 45.2 Å². The first kappa shape index (κ1) is 14.0. The Bertz CT molecular complexity index is 341. The van der Waals surface area contributed by atoms with Crippen molar-refractivity contribution in [3.05, 3.63) is 23.9 Å². The van der Waals surface area contributed by atoms with Crippen molar-refractivity contribution in [2.75, 3.05) is 11.9 Å². The van der Waals surface area contributed by atoms with Crippen LogP contribution in [0.25, 0.3) is 0 Å². The second kappa shape index (κ2) is 5.50. The second-order valence-corrected chi connectivity index (χ2v) is 5.43. The third-order valence-electron chi connectivity index (χ3n) is 3.48. The van der Waals surface area contributed by atoms with Crippen LogP contribution in [0, 0.1) is 0 Å². The number of pyridine rings is 1. The molecule has 2 N–H and O–H groups in total. The van der Waals surface area contributed by atoms with Crippen molar-refractivity contribution in [3.8, 4) is 0 Å². The standard InChI is InChI=1S/C14H25N3/c1-6-14(3,4)17(5)13-8-7-12(10-16-13)9-11(2)15/h7-8,10-11H,6,9,15H2,1-5H3. The SMILES string of the molecule is CCC(C)(C)N(C)c1ccc(CC(C)N)cn1. The van der Waals surface area contributed by atoms with Crippen molar-refractivity contribution in [2.45, 2.75) is 52.1 Å². The van der Waals surface area contributed by atoms with Crippen molar-refractivity contribution in [1.82, 2.24) is 4.98 Å². The monoisotopic (exact) mass is 235 g/mol. The smallest absolute Gasteiger partial charge is 0.128 e. The van der Waals surface area contributed by atoms with Gasteiger partial charge in [0, 0.05) is 24.8 Å². The Labute approximate surface area is 105 Å². The molecular formula is C14H25N3. The predicted molar refractivity (Wildman–Crippen MR) is 74.4 cm³/mol. The van der Waals surface area contributed by atoms with E-state index in [1.54, 1.807) is 0 Å². The molecule has 17 heavy (non-hydrogen) atoms. The van der Waals surface area contributed by atoms with Crippen molar-refractivity contribution in [1.29, 1.82) is 0 Å². The van der Waals surface area contributed by atoms with Gasteiger partial charge < -0.3 is 10.6 Å². The Hall–Kier alpha value is -1.09. The molecule has 1 rings (SSSR count). The number of hydrogen-bond acceptors (Lipinski definition) is 3. The van der Waals surface area contributed by atoms with Crippen LogP contribution >= 0.6 is 0 Å². The molecule has 0 spiro atoms. The number of nitrogens with zero attached hydrogens (tertiary/aromatic N) is 2. The Morgan fingerprint density at radius 2 is 2.06 bits per heavy atom. The molecule has 0 aliphatic carbocycles. The topological polar surface area (TPSA) is 42.1 Å². The predicted octanol–water partition coefficient (Wildman–Crippen LogP) is 2.60. The molecule has 3 nitrogen and oxygen atoms in total. The highest BCUT2D eigenvalue weighted by Gasteiger charge is 2.22. The molecule has 96 valence electrons. The van der Waals surface area contributed by atoms with Gasteiger partial charge in [0.25, 0.3) is 0 Å². The van der Waals surface area contributed by atoms with Gasteiger partial charge in [-0.1, -0.05) is 13.0 Å². The molecule has 3 heteroatoms. The molecule has 0 bridgehead atoms. The molecule has 0 fully saturated rings. The number of rotatable bonds is 5. The maximum atomic E-state index is 5.77. The van der Waals surface area contributed by atoms with E-state index < -0.39 is 0 Å². The van der Waals surface area contributed by atoms with Gasteiger partial charge in [0.05, 0.1) is 0 Å². The first-order valence-corrected chi connectivity index (χ1v) is 6.31. The summed E-state index contributed by atoms with van der Waals surface area (Å²) >= 11 is 0. The van der Waals surface area contributed by atoms with Gasteiger partial charge in [-0.2, -0.15) is 0 Å². The highest BCUT2D eigenvalue weighted by Crippen LogP contribution is 2.22. The van der Waals surface area contributed by atoms with Crippen molar-refractivity contribution in [3.63, 3.8) is 0 Å². The van der Waals surface area contributed by atoms with E-state index in [4.69, 9.17) is 5.73 Å². The molecule has 1 atom stereocenters. The van der Waals surface area contributed by atoms with E-state index in [1.165, 1.54) is 5.56 Å². The summed E-state index contributed by atoms with van der Waals surface area (Å²) < 4.78 is 0. The van der Waals surface area contributed by atoms with E-state index >= 15 is 0 Å². The van der Waals surface area contributed by atoms with E-state index in [-0.39, 0.29) is 11.6 Å². The largest absolute Gasteiger partial charge is 0.355 e. The lowest BCUT2D eigenvalue weighted by Gasteiger charge is -2.35. The van der Waals surface area contributed by atoms with Crippen LogP contribution in [0.5, 0.6) is 0 Å². The van der Waals surface area contributed by atoms with E-state index in [0.717, 1.165) is 18.7 Å². The molecule has 0 saturated heterocycles. The quantitative estimate of drug-likeness (QED) is 0.853. The second-order valence-electron chi connectivity index (χ2n) is 5.43. The van der Waals surface area contributed by atoms with Gasteiger partial charge in [-0.25, -0.2) is 4.98 Å². The van der Waals surface area contributed by atoms with Crippen molar-refractivity contribution in [2.24, 2.45) is 5.73 Å². The van der Waals surface area contributed by atoms with E-state index in [1.807, 2.05) is 13.1 Å². The zero-order valence-electron chi connectivity index (χ0n) is 11.7. The zero-order chi connectivity index (χ0) is 13.1. The fourth-order valence-corrected chi connectivity index (χ4v) is 1.65. The van der Waals surface area contributed by atoms with Gasteiger partial charge in [0.15, 0.2) is 0 Å². The summed E-state index contributed by atoms with van der Waals surface area (Å²) in [4.78, 5) is 6.74. The first-order valence-electron chi connectivity index (χ1n) is 6.31. The fraction of sp³-hybridized carbons (Fsp3) is 0.643. The van der Waals surface area contributed by atoms with Gasteiger partial charge >= 0.3 is 0 Å². The maximum absolute atomic E-state index is 5.77. The summed E-state index contributed by atoms with van der Waals surface area (Å²) in [6, 6.07) is 4.38. The summed E-state index contributed by atoms with van der Waals surface area (Å²) in [5, 5.41) is 0. The molecule has 0 saturated carbocycles. The van der Waals surface area contributed by atoms with Gasteiger partial charge in [0.2, 0.25) is 0 Å². The van der Waals surface area contributed by atoms with Crippen LogP contribution in [-0.2, 0) is 6.42 Å². The molecule has 0 aromatic carbocycles. The molecule has 1 aromatic rings. The molecule has 1 aromatic heterocycles. The number of nitrogens with two attached hydrogens (primary N) is 1. The minimum Gasteiger partial charge on any atom is -0.355 e. The van der Waals surface area contributed by atoms with Gasteiger partial charge in [-0.15, -0.1) is 0 Å². The Balaban J connectivity index is 2.80. The average Bonchev–Trinajstić information content (AvgIpc) is 2.28. The highest BCUT2D eigenvalue weighted by atomic mass is 15.2. The summed E-state index contributed by atoms with van der Waals surface area (Å²) in [5.41, 5.74) is 7.11. The fourth-order valence-electron chi connectivity index (χ4n) is 1.65. The van der Waals surface area contributed by atoms with E-state index in [9.17, 15) is 0 Å². The van der Waals surface area contributed by atoms with Crippen LogP contribution in [-0.4, -0.2) is 23.6 Å². The lowest BCUT2D eigenvalue weighted by atomic mass is 10.00. The van der Waals surface area contributed by atoms with Crippen LogP contribution in [0.3, 0.4) is 0 Å². The van der Waals surface area contributed by atoms with Crippen LogP contribution in [0.15, 0.2) is 18.3 Å². The molecule has 0 aliphatic rings. The highest BCUT2D eigenvalue weighted by molar-refractivity contribution is 5.41. The number of aromatic nitrogens is 1. The van der Waals surface area contributed by atoms with Crippen molar-refractivity contribution >= 4 is 5.82 Å². The zero-order valence-corrected chi connectivity index (χ0v) is 11.7. The van der Waals surface area contributed by atoms with Gasteiger partial charge in [-0.3, -0.25) is 0 Å². The van der Waals surface area contributed by atoms with Crippen LogP contribution < -0.4 is 10.6 Å². The molecular weight excluding hydrogens is 210 g/mol. The van der Waals surface area contributed by atoms with Crippen LogP contribution in [0.1, 0.15) is 39.7 Å². The summed E-state index contributed by atoms with van der Waals surface area (Å²) in [6.45, 7) is 8.66. The lowest BCUT2D eigenvalue weighted by Crippen LogP contribution is -2.41. The minimum absolute atomic E-state index is 0.135. The molecule has 1 heterocycles. The first-order chi connectivity index (χ1) is 7.86. The average molecular weight is 235 g/mol. The molecule has 0 amide bonds. The lowest BCUT2D eigenvalue weighted by molar-refractivity contribution is 0.467. The van der Waals surface area contributed by atoms with Crippen LogP contribution in [0.2, 0.25) is 0 Å². The third kappa shape index (κ3) is 3.70. The van der Waals surface area contributed by atoms with E-state index in [2.05, 4.69) is 49.8 Å². The Morgan fingerprint density at radius 1 is 1.41 bits per heavy atom. The normalized spacial score (nSPS) is 13.5. The summed E-state index contributed by atoms with van der Waals surface area (Å²) in [6.07, 6.45) is 3.90. The summed E-state index contributed by atoms with van der Waals surface area (Å²) in [5.74, 6) is 1.02. The Morgan fingerprint density at radius 3 is 2.47 bits per heavy atom. The third-order valence-corrected chi connectivity index (χ3v) is 3.48. The number of anilines is 1. The minimum atomic E-state index is 0.135. The number of hydrogen-bond donors (Lipinski definition) is 1. The van der Waals surface area contributed by atoms with Crippen molar-refractivity contribution < 1.29 is 0 Å². The summed E-state index contributed by atoms with van der Waals surface area (Å²) in [7, 11) is 2.09. The van der Waals surface area contributed by atoms with Crippen LogP contribution in [0.4, 0.5) is 5.82 Å². The maximum Gasteiger partial charge on any atom is 0.128 e.